The Bertz CT molecular complexity index is 306. The largest absolute Gasteiger partial charge is 0.392 e. The van der Waals surface area contributed by atoms with Gasteiger partial charge in [-0.25, -0.2) is 0 Å². The average molecular weight is 272 g/mol. The van der Waals surface area contributed by atoms with E-state index in [4.69, 9.17) is 0 Å². The highest BCUT2D eigenvalue weighted by Crippen LogP contribution is 2.12. The fourth-order valence-electron chi connectivity index (χ4n) is 1.42. The van der Waals surface area contributed by atoms with Gasteiger partial charge in [-0.05, 0) is 12.8 Å². The molecule has 0 aliphatic rings. The summed E-state index contributed by atoms with van der Waals surface area (Å²) in [5.41, 5.74) is 0. The Kier molecular flexibility index (Phi) is 10.7. The van der Waals surface area contributed by atoms with Crippen LogP contribution in [0.3, 0.4) is 0 Å². The second-order valence-corrected chi connectivity index (χ2v) is 3.78. The molecule has 6 heteroatoms. The van der Waals surface area contributed by atoms with Gasteiger partial charge in [0.2, 0.25) is 0 Å². The summed E-state index contributed by atoms with van der Waals surface area (Å²) in [5.74, 6) is -4.24. The van der Waals surface area contributed by atoms with E-state index in [1.54, 1.807) is 13.8 Å². The van der Waals surface area contributed by atoms with E-state index in [0.29, 0.717) is 12.8 Å². The Labute approximate surface area is 117 Å². The molecule has 0 N–H and O–H groups in total. The molecule has 0 unspecified atom stereocenters. The third-order valence-electron chi connectivity index (χ3n) is 2.12. The maximum absolute atomic E-state index is 11.6. The number of carbonyl (C=O) groups is 4. The zero-order chi connectivity index (χ0) is 13.4. The first-order valence-electron chi connectivity index (χ1n) is 5.71. The molecule has 0 aromatic carbocycles. The molecule has 0 aromatic heterocycles. The molecule has 0 aliphatic carbocycles. The minimum absolute atomic E-state index is 0. The van der Waals surface area contributed by atoms with Gasteiger partial charge >= 0.3 is 11.9 Å². The fourth-order valence-corrected chi connectivity index (χ4v) is 1.42. The van der Waals surface area contributed by atoms with E-state index in [-0.39, 0.29) is 30.2 Å². The monoisotopic (exact) mass is 272 g/mol. The Morgan fingerprint density at radius 3 is 1.61 bits per heavy atom. The standard InChI is InChI=1S/C12H18O5.Al.3H/c1-4-6-9(14)11(10(15)7-5-2)12(16)17-8(3)13;;;;/h11H,4-7H2,1-3H3;;;;. The van der Waals surface area contributed by atoms with Crippen LogP contribution in [-0.4, -0.2) is 40.9 Å². The zero-order valence-corrected chi connectivity index (χ0v) is 10.4. The molecule has 0 fully saturated rings. The van der Waals surface area contributed by atoms with E-state index in [1.165, 1.54) is 0 Å². The molecule has 0 heterocycles. The van der Waals surface area contributed by atoms with Crippen molar-refractivity contribution in [3.63, 3.8) is 0 Å². The van der Waals surface area contributed by atoms with Crippen LogP contribution >= 0.6 is 0 Å². The van der Waals surface area contributed by atoms with Crippen molar-refractivity contribution < 1.29 is 23.9 Å². The van der Waals surface area contributed by atoms with Crippen molar-refractivity contribution in [2.45, 2.75) is 46.5 Å². The van der Waals surface area contributed by atoms with Crippen LogP contribution in [0.2, 0.25) is 0 Å². The minimum Gasteiger partial charge on any atom is -0.392 e. The average Bonchev–Trinajstić information content (AvgIpc) is 2.17. The van der Waals surface area contributed by atoms with Crippen LogP contribution in [0.25, 0.3) is 0 Å². The molecule has 5 nitrogen and oxygen atoms in total. The van der Waals surface area contributed by atoms with Crippen LogP contribution in [-0.2, 0) is 23.9 Å². The molecule has 0 rings (SSSR count). The van der Waals surface area contributed by atoms with E-state index < -0.39 is 29.4 Å². The van der Waals surface area contributed by atoms with Gasteiger partial charge in [0.1, 0.15) is 0 Å². The third kappa shape index (κ3) is 6.68. The number of esters is 2. The van der Waals surface area contributed by atoms with Crippen molar-refractivity contribution in [3.05, 3.63) is 0 Å². The molecule has 0 bridgehead atoms. The number of Topliss-reactive ketones (excluding diaryl/α,β-unsaturated/α-hetero) is 2. The van der Waals surface area contributed by atoms with Crippen molar-refractivity contribution in [2.24, 2.45) is 5.92 Å². The molecule has 0 radical (unpaired) electrons. The van der Waals surface area contributed by atoms with Gasteiger partial charge in [-0.3, -0.25) is 19.2 Å². The van der Waals surface area contributed by atoms with E-state index in [1.807, 2.05) is 0 Å². The fraction of sp³-hybridized carbons (Fsp3) is 0.667. The lowest BCUT2D eigenvalue weighted by molar-refractivity contribution is -0.163. The predicted molar refractivity (Wildman–Crippen MR) is 70.0 cm³/mol. The van der Waals surface area contributed by atoms with Crippen LogP contribution in [0.5, 0.6) is 0 Å². The van der Waals surface area contributed by atoms with Gasteiger partial charge in [-0.2, -0.15) is 0 Å². The van der Waals surface area contributed by atoms with Crippen molar-refractivity contribution in [3.8, 4) is 0 Å². The van der Waals surface area contributed by atoms with Crippen molar-refractivity contribution in [1.29, 1.82) is 0 Å². The summed E-state index contributed by atoms with van der Waals surface area (Å²) < 4.78 is 4.33. The smallest absolute Gasteiger partial charge is 0.331 e. The third-order valence-corrected chi connectivity index (χ3v) is 2.12. The summed E-state index contributed by atoms with van der Waals surface area (Å²) >= 11 is 0. The summed E-state index contributed by atoms with van der Waals surface area (Å²) in [5, 5.41) is 0. The number of hydrogen-bond donors (Lipinski definition) is 0. The Hall–Kier alpha value is -0.988. The van der Waals surface area contributed by atoms with Crippen molar-refractivity contribution >= 4 is 40.9 Å². The van der Waals surface area contributed by atoms with Gasteiger partial charge in [0, 0.05) is 19.8 Å². The molecular formula is C12H21AlO5. The van der Waals surface area contributed by atoms with Gasteiger partial charge in [0.05, 0.1) is 0 Å². The summed E-state index contributed by atoms with van der Waals surface area (Å²) in [4.78, 5) is 45.5. The molecular weight excluding hydrogens is 251 g/mol. The molecule has 0 saturated carbocycles. The highest BCUT2D eigenvalue weighted by atomic mass is 27.0. The van der Waals surface area contributed by atoms with Gasteiger partial charge in [-0.15, -0.1) is 0 Å². The summed E-state index contributed by atoms with van der Waals surface area (Å²) in [6, 6.07) is 0. The van der Waals surface area contributed by atoms with Gasteiger partial charge in [-0.1, -0.05) is 13.8 Å². The molecule has 0 spiro atoms. The summed E-state index contributed by atoms with van der Waals surface area (Å²) in [7, 11) is 0. The maximum Gasteiger partial charge on any atom is 0.331 e. The minimum atomic E-state index is -1.43. The van der Waals surface area contributed by atoms with E-state index in [0.717, 1.165) is 6.92 Å². The zero-order valence-electron chi connectivity index (χ0n) is 10.4. The van der Waals surface area contributed by atoms with Crippen LogP contribution in [0.1, 0.15) is 46.5 Å². The first-order valence-corrected chi connectivity index (χ1v) is 5.71. The molecule has 102 valence electrons. The van der Waals surface area contributed by atoms with E-state index >= 15 is 0 Å². The Morgan fingerprint density at radius 2 is 1.33 bits per heavy atom. The predicted octanol–water partition coefficient (Wildman–Crippen LogP) is 0.247. The van der Waals surface area contributed by atoms with Crippen LogP contribution in [0.4, 0.5) is 0 Å². The second kappa shape index (κ2) is 9.98. The van der Waals surface area contributed by atoms with Crippen molar-refractivity contribution in [1.82, 2.24) is 0 Å². The highest BCUT2D eigenvalue weighted by molar-refractivity contribution is 6.18. The van der Waals surface area contributed by atoms with Gasteiger partial charge in [0.25, 0.3) is 0 Å². The summed E-state index contributed by atoms with van der Waals surface area (Å²) in [6.45, 7) is 4.61. The lowest BCUT2D eigenvalue weighted by Gasteiger charge is -2.11. The molecule has 0 amide bonds. The molecule has 0 aliphatic heterocycles. The molecule has 0 aromatic rings. The second-order valence-electron chi connectivity index (χ2n) is 3.78. The lowest BCUT2D eigenvalue weighted by Crippen LogP contribution is -2.34. The molecule has 0 atom stereocenters. The normalized spacial score (nSPS) is 9.56. The number of rotatable bonds is 7. The maximum atomic E-state index is 11.6. The summed E-state index contributed by atoms with van der Waals surface area (Å²) in [6.07, 6.45) is 1.35. The number of hydrogen-bond acceptors (Lipinski definition) is 5. The van der Waals surface area contributed by atoms with Gasteiger partial charge < -0.3 is 4.74 Å². The van der Waals surface area contributed by atoms with Crippen LogP contribution in [0.15, 0.2) is 0 Å². The highest BCUT2D eigenvalue weighted by Gasteiger charge is 2.34. The van der Waals surface area contributed by atoms with Gasteiger partial charge in [0.15, 0.2) is 34.8 Å². The number of ketones is 2. The Balaban J connectivity index is 0. The Morgan fingerprint density at radius 1 is 0.944 bits per heavy atom. The number of carbonyl (C=O) groups excluding carboxylic acids is 4. The van der Waals surface area contributed by atoms with Crippen LogP contribution < -0.4 is 0 Å². The first kappa shape index (κ1) is 19.4. The van der Waals surface area contributed by atoms with Crippen LogP contribution in [0, 0.1) is 5.92 Å². The first-order chi connectivity index (χ1) is 7.93. The SMILES string of the molecule is CCCC(=O)C(C(=O)CCC)C(=O)OC(C)=O.[AlH3]. The molecule has 0 saturated heterocycles. The lowest BCUT2D eigenvalue weighted by atomic mass is 9.93. The molecule has 18 heavy (non-hydrogen) atoms. The quantitative estimate of drug-likeness (QED) is 0.377. The van der Waals surface area contributed by atoms with E-state index in [9.17, 15) is 19.2 Å². The van der Waals surface area contributed by atoms with Crippen molar-refractivity contribution in [2.75, 3.05) is 0 Å². The number of ether oxygens (including phenoxy) is 1. The topological polar surface area (TPSA) is 77.5 Å². The van der Waals surface area contributed by atoms with E-state index in [2.05, 4.69) is 4.74 Å².